The fourth-order valence-corrected chi connectivity index (χ4v) is 4.23. The van der Waals surface area contributed by atoms with Crippen molar-refractivity contribution in [2.24, 2.45) is 5.92 Å². The summed E-state index contributed by atoms with van der Waals surface area (Å²) in [5.74, 6) is -1.39. The van der Waals surface area contributed by atoms with Gasteiger partial charge in [0, 0.05) is 35.1 Å². The molecule has 6 nitrogen and oxygen atoms in total. The van der Waals surface area contributed by atoms with Gasteiger partial charge in [0.1, 0.15) is 17.1 Å². The molecule has 0 fully saturated rings. The van der Waals surface area contributed by atoms with Crippen LogP contribution in [0.1, 0.15) is 79.7 Å². The number of allylic oxidation sites excluding steroid dienone is 2. The summed E-state index contributed by atoms with van der Waals surface area (Å²) < 4.78 is 5.54. The summed E-state index contributed by atoms with van der Waals surface area (Å²) in [6.07, 6.45) is 1.26. The second kappa shape index (κ2) is 10.8. The molecule has 1 N–H and O–H groups in total. The number of benzene rings is 2. The minimum atomic E-state index is -0.679. The number of carbonyl (C=O) groups excluding carboxylic acids is 4. The van der Waals surface area contributed by atoms with Crippen molar-refractivity contribution < 1.29 is 29.0 Å². The Kier molecular flexibility index (Phi) is 8.05. The number of phenols is 1. The SMILES string of the molecule is CC1=C(CCCC(=O)C[C@@H](Cc2ccc(O)cc2)C(=O)OC(C)(C)C)C(=O)c2ccccc2C1=O. The number of carbonyl (C=O) groups is 4. The molecular formula is C29H32O6. The molecule has 0 heterocycles. The van der Waals surface area contributed by atoms with Crippen molar-refractivity contribution in [1.29, 1.82) is 0 Å². The molecule has 1 aliphatic rings. The molecule has 0 amide bonds. The smallest absolute Gasteiger partial charge is 0.310 e. The quantitative estimate of drug-likeness (QED) is 0.486. The summed E-state index contributed by atoms with van der Waals surface area (Å²) >= 11 is 0. The lowest BCUT2D eigenvalue weighted by atomic mass is 9.82. The van der Waals surface area contributed by atoms with Crippen LogP contribution >= 0.6 is 0 Å². The summed E-state index contributed by atoms with van der Waals surface area (Å²) in [5.41, 5.74) is 1.85. The third kappa shape index (κ3) is 6.75. The van der Waals surface area contributed by atoms with Crippen LogP contribution in [0.4, 0.5) is 0 Å². The Hall–Kier alpha value is -3.54. The van der Waals surface area contributed by atoms with Crippen molar-refractivity contribution in [2.75, 3.05) is 0 Å². The first-order valence-electron chi connectivity index (χ1n) is 11.9. The van der Waals surface area contributed by atoms with E-state index in [2.05, 4.69) is 0 Å². The summed E-state index contributed by atoms with van der Waals surface area (Å²) in [6.45, 7) is 6.99. The normalized spacial score (nSPS) is 14.5. The predicted molar refractivity (Wildman–Crippen MR) is 132 cm³/mol. The maximum Gasteiger partial charge on any atom is 0.310 e. The first-order valence-corrected chi connectivity index (χ1v) is 11.9. The molecule has 184 valence electrons. The van der Waals surface area contributed by atoms with Gasteiger partial charge in [-0.2, -0.15) is 0 Å². The van der Waals surface area contributed by atoms with Gasteiger partial charge in [-0.25, -0.2) is 0 Å². The van der Waals surface area contributed by atoms with Crippen LogP contribution < -0.4 is 0 Å². The topological polar surface area (TPSA) is 97.7 Å². The van der Waals surface area contributed by atoms with Crippen LogP contribution in [0.15, 0.2) is 59.7 Å². The molecule has 2 aromatic carbocycles. The van der Waals surface area contributed by atoms with Gasteiger partial charge in [0.25, 0.3) is 0 Å². The lowest BCUT2D eigenvalue weighted by Crippen LogP contribution is -2.31. The van der Waals surface area contributed by atoms with E-state index >= 15 is 0 Å². The minimum absolute atomic E-state index is 0.0174. The molecule has 1 aliphatic carbocycles. The molecule has 35 heavy (non-hydrogen) atoms. The van der Waals surface area contributed by atoms with Crippen LogP contribution in [0, 0.1) is 5.92 Å². The van der Waals surface area contributed by atoms with Crippen LogP contribution in [0.5, 0.6) is 5.75 Å². The van der Waals surface area contributed by atoms with Gasteiger partial charge < -0.3 is 9.84 Å². The molecule has 0 saturated heterocycles. The van der Waals surface area contributed by atoms with E-state index in [1.54, 1.807) is 76.2 Å². The van der Waals surface area contributed by atoms with Crippen molar-refractivity contribution in [3.05, 3.63) is 76.4 Å². The number of rotatable bonds is 9. The maximum atomic E-state index is 12.9. The van der Waals surface area contributed by atoms with Gasteiger partial charge in [-0.1, -0.05) is 36.4 Å². The van der Waals surface area contributed by atoms with Gasteiger partial charge in [-0.15, -0.1) is 0 Å². The number of ether oxygens (including phenoxy) is 1. The number of Topliss-reactive ketones (excluding diaryl/α,β-unsaturated/α-hetero) is 3. The standard InChI is InChI=1S/C29H32O6/c1-18-23(27(33)25-10-6-5-9-24(25)26(18)32)11-7-8-22(31)17-20(28(34)35-29(2,3)4)16-19-12-14-21(30)15-13-19/h5-6,9-10,12-15,20,30H,7-8,11,16-17H2,1-4H3/t20-/m1/s1. The highest BCUT2D eigenvalue weighted by atomic mass is 16.6. The molecule has 0 radical (unpaired) electrons. The number of hydrogen-bond donors (Lipinski definition) is 1. The maximum absolute atomic E-state index is 12.9. The number of esters is 1. The average Bonchev–Trinajstić information content (AvgIpc) is 2.79. The van der Waals surface area contributed by atoms with Crippen LogP contribution in [0.3, 0.4) is 0 Å². The molecule has 1 atom stereocenters. The Morgan fingerprint density at radius 3 is 2.14 bits per heavy atom. The van der Waals surface area contributed by atoms with Gasteiger partial charge in [0.05, 0.1) is 5.92 Å². The predicted octanol–water partition coefficient (Wildman–Crippen LogP) is 5.42. The van der Waals surface area contributed by atoms with Gasteiger partial charge in [-0.3, -0.25) is 19.2 Å². The third-order valence-corrected chi connectivity index (χ3v) is 6.00. The Labute approximate surface area is 206 Å². The van der Waals surface area contributed by atoms with E-state index in [9.17, 15) is 24.3 Å². The van der Waals surface area contributed by atoms with Gasteiger partial charge in [0.2, 0.25) is 0 Å². The monoisotopic (exact) mass is 476 g/mol. The fourth-order valence-electron chi connectivity index (χ4n) is 4.23. The Morgan fingerprint density at radius 1 is 0.943 bits per heavy atom. The van der Waals surface area contributed by atoms with E-state index in [0.29, 0.717) is 41.5 Å². The Balaban J connectivity index is 1.64. The van der Waals surface area contributed by atoms with E-state index in [4.69, 9.17) is 4.74 Å². The third-order valence-electron chi connectivity index (χ3n) is 6.00. The Morgan fingerprint density at radius 2 is 1.54 bits per heavy atom. The summed E-state index contributed by atoms with van der Waals surface area (Å²) in [7, 11) is 0. The molecule has 3 rings (SSSR count). The van der Waals surface area contributed by atoms with Crippen molar-refractivity contribution in [3.63, 3.8) is 0 Å². The van der Waals surface area contributed by atoms with Crippen molar-refractivity contribution in [2.45, 2.75) is 65.4 Å². The number of fused-ring (bicyclic) bond motifs is 1. The Bertz CT molecular complexity index is 1160. The zero-order chi connectivity index (χ0) is 25.8. The largest absolute Gasteiger partial charge is 0.508 e. The van der Waals surface area contributed by atoms with Crippen LogP contribution in [0.25, 0.3) is 0 Å². The second-order valence-corrected chi connectivity index (χ2v) is 10.0. The first-order chi connectivity index (χ1) is 16.5. The number of aromatic hydroxyl groups is 1. The fraction of sp³-hybridized carbons (Fsp3) is 0.379. The van der Waals surface area contributed by atoms with Crippen LogP contribution in [-0.4, -0.2) is 34.0 Å². The highest BCUT2D eigenvalue weighted by Crippen LogP contribution is 2.29. The summed E-state index contributed by atoms with van der Waals surface area (Å²) in [5, 5.41) is 9.52. The molecular weight excluding hydrogens is 444 g/mol. The average molecular weight is 477 g/mol. The van der Waals surface area contributed by atoms with E-state index in [1.165, 1.54) is 0 Å². The van der Waals surface area contributed by atoms with Gasteiger partial charge in [0.15, 0.2) is 11.6 Å². The highest BCUT2D eigenvalue weighted by Gasteiger charge is 2.30. The molecule has 2 aromatic rings. The van der Waals surface area contributed by atoms with Crippen molar-refractivity contribution >= 4 is 23.3 Å². The summed E-state index contributed by atoms with van der Waals surface area (Å²) in [6, 6.07) is 13.3. The first kappa shape index (κ1) is 26.1. The zero-order valence-corrected chi connectivity index (χ0v) is 20.7. The lowest BCUT2D eigenvalue weighted by molar-refractivity contribution is -0.161. The van der Waals surface area contributed by atoms with Gasteiger partial charge in [-0.05, 0) is 64.7 Å². The number of phenolic OH excluding ortho intramolecular Hbond substituents is 1. The van der Waals surface area contributed by atoms with Crippen molar-refractivity contribution in [1.82, 2.24) is 0 Å². The van der Waals surface area contributed by atoms with E-state index in [0.717, 1.165) is 5.56 Å². The molecule has 0 spiro atoms. The molecule has 0 saturated carbocycles. The molecule has 0 bridgehead atoms. The van der Waals surface area contributed by atoms with Gasteiger partial charge >= 0.3 is 5.97 Å². The van der Waals surface area contributed by atoms with Crippen LogP contribution in [0.2, 0.25) is 0 Å². The van der Waals surface area contributed by atoms with E-state index in [-0.39, 0.29) is 35.9 Å². The number of hydrogen-bond acceptors (Lipinski definition) is 6. The second-order valence-electron chi connectivity index (χ2n) is 10.0. The molecule has 0 aliphatic heterocycles. The van der Waals surface area contributed by atoms with E-state index in [1.807, 2.05) is 0 Å². The number of ketones is 3. The van der Waals surface area contributed by atoms with E-state index < -0.39 is 17.5 Å². The minimum Gasteiger partial charge on any atom is -0.508 e. The lowest BCUT2D eigenvalue weighted by Gasteiger charge is -2.24. The molecule has 0 aromatic heterocycles. The molecule has 0 unspecified atom stereocenters. The zero-order valence-electron chi connectivity index (χ0n) is 20.7. The van der Waals surface area contributed by atoms with Crippen LogP contribution in [-0.2, 0) is 20.7 Å². The highest BCUT2D eigenvalue weighted by molar-refractivity contribution is 6.26. The van der Waals surface area contributed by atoms with Crippen molar-refractivity contribution in [3.8, 4) is 5.75 Å². The summed E-state index contributed by atoms with van der Waals surface area (Å²) in [4.78, 5) is 51.2. The molecule has 6 heteroatoms.